The zero-order valence-corrected chi connectivity index (χ0v) is 10.7. The van der Waals surface area contributed by atoms with Gasteiger partial charge in [0.15, 0.2) is 11.5 Å². The summed E-state index contributed by atoms with van der Waals surface area (Å²) in [6.45, 7) is 0. The van der Waals surface area contributed by atoms with Crippen LogP contribution in [-0.4, -0.2) is 28.4 Å². The number of aromatic nitrogens is 2. The van der Waals surface area contributed by atoms with Gasteiger partial charge in [-0.1, -0.05) is 11.6 Å². The van der Waals surface area contributed by atoms with Gasteiger partial charge >= 0.3 is 5.97 Å². The van der Waals surface area contributed by atoms with Crippen molar-refractivity contribution in [3.8, 4) is 5.75 Å². The number of nitrogens with zero attached hydrogens (tertiary/aromatic N) is 2. The van der Waals surface area contributed by atoms with Gasteiger partial charge in [-0.15, -0.1) is 10.2 Å². The number of carboxylic acid groups (broad SMARTS) is 1. The monoisotopic (exact) mass is 279 g/mol. The Bertz CT molecular complexity index is 602. The molecule has 6 nitrogen and oxygen atoms in total. The van der Waals surface area contributed by atoms with E-state index in [9.17, 15) is 4.79 Å². The first-order chi connectivity index (χ1) is 9.10. The average molecular weight is 280 g/mol. The van der Waals surface area contributed by atoms with Gasteiger partial charge in [0.2, 0.25) is 0 Å². The van der Waals surface area contributed by atoms with Gasteiger partial charge < -0.3 is 15.2 Å². The number of ether oxygens (including phenoxy) is 1. The second-order valence-electron chi connectivity index (χ2n) is 3.58. The molecule has 2 rings (SSSR count). The van der Waals surface area contributed by atoms with Gasteiger partial charge in [0, 0.05) is 5.02 Å². The number of benzene rings is 1. The summed E-state index contributed by atoms with van der Waals surface area (Å²) in [7, 11) is 1.54. The molecule has 0 bridgehead atoms. The molecule has 0 unspecified atom stereocenters. The predicted molar refractivity (Wildman–Crippen MR) is 70.3 cm³/mol. The summed E-state index contributed by atoms with van der Waals surface area (Å²) in [6, 6.07) is 7.95. The summed E-state index contributed by atoms with van der Waals surface area (Å²) in [5.74, 6) is -0.140. The van der Waals surface area contributed by atoms with Crippen LogP contribution in [0.15, 0.2) is 30.3 Å². The first-order valence-corrected chi connectivity index (χ1v) is 5.65. The zero-order chi connectivity index (χ0) is 13.8. The van der Waals surface area contributed by atoms with Gasteiger partial charge in [0.05, 0.1) is 12.8 Å². The number of carbonyl (C=O) groups is 1. The minimum Gasteiger partial charge on any atom is -0.495 e. The van der Waals surface area contributed by atoms with Crippen LogP contribution in [0.3, 0.4) is 0 Å². The molecule has 98 valence electrons. The number of hydrogen-bond acceptors (Lipinski definition) is 5. The van der Waals surface area contributed by atoms with Crippen molar-refractivity contribution >= 4 is 29.1 Å². The molecular weight excluding hydrogens is 270 g/mol. The molecule has 0 amide bonds. The van der Waals surface area contributed by atoms with Crippen LogP contribution in [0.25, 0.3) is 0 Å². The van der Waals surface area contributed by atoms with Crippen molar-refractivity contribution in [2.24, 2.45) is 0 Å². The minimum atomic E-state index is -1.13. The van der Waals surface area contributed by atoms with Crippen LogP contribution < -0.4 is 10.1 Å². The highest BCUT2D eigenvalue weighted by molar-refractivity contribution is 6.31. The van der Waals surface area contributed by atoms with E-state index in [-0.39, 0.29) is 5.69 Å². The lowest BCUT2D eigenvalue weighted by atomic mass is 10.3. The number of carboxylic acids is 1. The highest BCUT2D eigenvalue weighted by Gasteiger charge is 2.08. The van der Waals surface area contributed by atoms with Crippen LogP contribution in [0.2, 0.25) is 5.02 Å². The van der Waals surface area contributed by atoms with E-state index >= 15 is 0 Å². The Hall–Kier alpha value is -2.34. The molecule has 0 atom stereocenters. The number of anilines is 2. The maximum absolute atomic E-state index is 10.7. The second kappa shape index (κ2) is 5.53. The van der Waals surface area contributed by atoms with Gasteiger partial charge in [-0.05, 0) is 30.3 Å². The molecule has 7 heteroatoms. The molecule has 1 aromatic heterocycles. The van der Waals surface area contributed by atoms with Crippen molar-refractivity contribution in [2.45, 2.75) is 0 Å². The fraction of sp³-hybridized carbons (Fsp3) is 0.0833. The zero-order valence-electron chi connectivity index (χ0n) is 9.92. The van der Waals surface area contributed by atoms with Crippen molar-refractivity contribution in [1.82, 2.24) is 10.2 Å². The molecule has 0 radical (unpaired) electrons. The fourth-order valence-corrected chi connectivity index (χ4v) is 1.60. The number of hydrogen-bond donors (Lipinski definition) is 2. The molecular formula is C12H10ClN3O3. The molecule has 1 heterocycles. The highest BCUT2D eigenvalue weighted by Crippen LogP contribution is 2.29. The Labute approximate surface area is 114 Å². The predicted octanol–water partition coefficient (Wildman–Crippen LogP) is 2.58. The van der Waals surface area contributed by atoms with Crippen LogP contribution in [0.1, 0.15) is 10.5 Å². The smallest absolute Gasteiger partial charge is 0.356 e. The lowest BCUT2D eigenvalue weighted by Crippen LogP contribution is -2.04. The summed E-state index contributed by atoms with van der Waals surface area (Å²) in [5.41, 5.74) is 0.496. The molecule has 0 saturated heterocycles. The normalized spacial score (nSPS) is 10.0. The van der Waals surface area contributed by atoms with Crippen LogP contribution in [0.5, 0.6) is 5.75 Å². The van der Waals surface area contributed by atoms with Crippen molar-refractivity contribution in [2.75, 3.05) is 12.4 Å². The summed E-state index contributed by atoms with van der Waals surface area (Å²) >= 11 is 5.90. The van der Waals surface area contributed by atoms with Crippen LogP contribution in [0.4, 0.5) is 11.5 Å². The third-order valence-corrected chi connectivity index (χ3v) is 2.54. The van der Waals surface area contributed by atoms with E-state index in [2.05, 4.69) is 15.5 Å². The first kappa shape index (κ1) is 13.1. The number of halogens is 1. The van der Waals surface area contributed by atoms with Crippen LogP contribution in [0, 0.1) is 0 Å². The van der Waals surface area contributed by atoms with Crippen molar-refractivity contribution in [1.29, 1.82) is 0 Å². The highest BCUT2D eigenvalue weighted by atomic mass is 35.5. The lowest BCUT2D eigenvalue weighted by molar-refractivity contribution is 0.0689. The Balaban J connectivity index is 2.25. The standard InChI is InChI=1S/C12H10ClN3O3/c1-19-10-4-2-7(13)6-9(10)14-11-5-3-8(12(17)18)15-16-11/h2-6H,1H3,(H,14,16)(H,17,18). The SMILES string of the molecule is COc1ccc(Cl)cc1Nc1ccc(C(=O)O)nn1. The van der Waals surface area contributed by atoms with E-state index in [0.29, 0.717) is 22.3 Å². The molecule has 0 aliphatic carbocycles. The van der Waals surface area contributed by atoms with E-state index in [1.165, 1.54) is 19.2 Å². The van der Waals surface area contributed by atoms with Crippen molar-refractivity contribution in [3.05, 3.63) is 41.0 Å². The number of rotatable bonds is 4. The lowest BCUT2D eigenvalue weighted by Gasteiger charge is -2.10. The van der Waals surface area contributed by atoms with Gasteiger partial charge in [0.1, 0.15) is 5.75 Å². The Morgan fingerprint density at radius 1 is 1.32 bits per heavy atom. The van der Waals surface area contributed by atoms with Crippen molar-refractivity contribution in [3.63, 3.8) is 0 Å². The Morgan fingerprint density at radius 2 is 2.11 bits per heavy atom. The summed E-state index contributed by atoms with van der Waals surface area (Å²) < 4.78 is 5.17. The fourth-order valence-electron chi connectivity index (χ4n) is 1.43. The van der Waals surface area contributed by atoms with Crippen LogP contribution in [-0.2, 0) is 0 Å². The summed E-state index contributed by atoms with van der Waals surface area (Å²) in [4.78, 5) is 10.7. The van der Waals surface area contributed by atoms with Gasteiger partial charge in [-0.2, -0.15) is 0 Å². The molecule has 0 spiro atoms. The van der Waals surface area contributed by atoms with Gasteiger partial charge in [0.25, 0.3) is 0 Å². The van der Waals surface area contributed by atoms with E-state index in [0.717, 1.165) is 0 Å². The second-order valence-corrected chi connectivity index (χ2v) is 4.02. The van der Waals surface area contributed by atoms with E-state index in [4.69, 9.17) is 21.4 Å². The summed E-state index contributed by atoms with van der Waals surface area (Å²) in [6.07, 6.45) is 0. The molecule has 0 aliphatic rings. The molecule has 19 heavy (non-hydrogen) atoms. The number of methoxy groups -OCH3 is 1. The number of nitrogens with one attached hydrogen (secondary N) is 1. The van der Waals surface area contributed by atoms with E-state index < -0.39 is 5.97 Å². The quantitative estimate of drug-likeness (QED) is 0.895. The molecule has 0 aliphatic heterocycles. The molecule has 1 aromatic carbocycles. The topological polar surface area (TPSA) is 84.3 Å². The molecule has 2 N–H and O–H groups in total. The third-order valence-electron chi connectivity index (χ3n) is 2.31. The van der Waals surface area contributed by atoms with Crippen LogP contribution >= 0.6 is 11.6 Å². The van der Waals surface area contributed by atoms with E-state index in [1.807, 2.05) is 0 Å². The molecule has 2 aromatic rings. The maximum Gasteiger partial charge on any atom is 0.356 e. The van der Waals surface area contributed by atoms with Gasteiger partial charge in [-0.25, -0.2) is 4.79 Å². The molecule has 0 saturated carbocycles. The number of aromatic carboxylic acids is 1. The summed E-state index contributed by atoms with van der Waals surface area (Å²) in [5, 5.41) is 19.5. The Morgan fingerprint density at radius 3 is 2.68 bits per heavy atom. The van der Waals surface area contributed by atoms with Gasteiger partial charge in [-0.3, -0.25) is 0 Å². The average Bonchev–Trinajstić information content (AvgIpc) is 2.39. The first-order valence-electron chi connectivity index (χ1n) is 5.28. The largest absolute Gasteiger partial charge is 0.495 e. The minimum absolute atomic E-state index is 0.122. The third kappa shape index (κ3) is 3.11. The van der Waals surface area contributed by atoms with E-state index in [1.54, 1.807) is 18.2 Å². The Kier molecular flexibility index (Phi) is 3.82. The maximum atomic E-state index is 10.7. The van der Waals surface area contributed by atoms with Crippen molar-refractivity contribution < 1.29 is 14.6 Å². The molecule has 0 fully saturated rings.